The SMILES string of the molecule is Cc1ccc2c(c1)CCC(=O)/C(=C\c1ccccc1)C2. The minimum absolute atomic E-state index is 0.280. The normalized spacial score (nSPS) is 16.9. The number of fused-ring (bicyclic) bond motifs is 1. The Labute approximate surface area is 120 Å². The first-order valence-corrected chi connectivity index (χ1v) is 7.09. The molecule has 2 aromatic rings. The van der Waals surface area contributed by atoms with Gasteiger partial charge in [-0.05, 0) is 36.1 Å². The Kier molecular flexibility index (Phi) is 3.51. The summed E-state index contributed by atoms with van der Waals surface area (Å²) < 4.78 is 0. The van der Waals surface area contributed by atoms with Crippen LogP contribution in [0.15, 0.2) is 54.1 Å². The molecule has 1 aliphatic carbocycles. The molecule has 3 rings (SSSR count). The van der Waals surface area contributed by atoms with Crippen LogP contribution >= 0.6 is 0 Å². The number of rotatable bonds is 1. The highest BCUT2D eigenvalue weighted by Gasteiger charge is 2.17. The first-order valence-electron chi connectivity index (χ1n) is 7.09. The smallest absolute Gasteiger partial charge is 0.159 e. The van der Waals surface area contributed by atoms with Crippen molar-refractivity contribution < 1.29 is 4.79 Å². The Morgan fingerprint density at radius 2 is 1.75 bits per heavy atom. The summed E-state index contributed by atoms with van der Waals surface area (Å²) >= 11 is 0. The Morgan fingerprint density at radius 1 is 0.950 bits per heavy atom. The molecule has 1 nitrogen and oxygen atoms in total. The summed E-state index contributed by atoms with van der Waals surface area (Å²) in [4.78, 5) is 12.3. The highest BCUT2D eigenvalue weighted by atomic mass is 16.1. The van der Waals surface area contributed by atoms with Crippen molar-refractivity contribution >= 4 is 11.9 Å². The number of carbonyl (C=O) groups is 1. The van der Waals surface area contributed by atoms with Crippen LogP contribution in [0, 0.1) is 6.92 Å². The van der Waals surface area contributed by atoms with Gasteiger partial charge in [0, 0.05) is 18.4 Å². The van der Waals surface area contributed by atoms with Gasteiger partial charge in [0.05, 0.1) is 0 Å². The molecule has 0 spiro atoms. The maximum absolute atomic E-state index is 12.3. The second kappa shape index (κ2) is 5.46. The van der Waals surface area contributed by atoms with Gasteiger partial charge in [-0.3, -0.25) is 4.79 Å². The molecule has 0 saturated heterocycles. The standard InChI is InChI=1S/C19H18O/c1-14-7-8-17-13-18(12-15-5-3-2-4-6-15)19(20)10-9-16(17)11-14/h2-8,11-12H,9-10,13H2,1H3/b18-12-. The largest absolute Gasteiger partial charge is 0.295 e. The van der Waals surface area contributed by atoms with Crippen LogP contribution in [-0.4, -0.2) is 5.78 Å². The molecule has 0 aromatic heterocycles. The molecule has 0 saturated carbocycles. The molecule has 0 aliphatic heterocycles. The third-order valence-corrected chi connectivity index (χ3v) is 3.86. The lowest BCUT2D eigenvalue weighted by atomic mass is 9.98. The average Bonchev–Trinajstić information content (AvgIpc) is 2.61. The topological polar surface area (TPSA) is 17.1 Å². The van der Waals surface area contributed by atoms with E-state index >= 15 is 0 Å². The predicted octanol–water partition coefficient (Wildman–Crippen LogP) is 4.14. The van der Waals surface area contributed by atoms with Crippen molar-refractivity contribution in [2.45, 2.75) is 26.2 Å². The summed E-state index contributed by atoms with van der Waals surface area (Å²) in [5, 5.41) is 0. The van der Waals surface area contributed by atoms with Crippen molar-refractivity contribution in [3.63, 3.8) is 0 Å². The summed E-state index contributed by atoms with van der Waals surface area (Å²) in [6, 6.07) is 16.6. The minimum atomic E-state index is 0.280. The number of allylic oxidation sites excluding steroid dienone is 1. The van der Waals surface area contributed by atoms with Crippen molar-refractivity contribution in [3.8, 4) is 0 Å². The molecule has 20 heavy (non-hydrogen) atoms. The second-order valence-corrected chi connectivity index (χ2v) is 5.45. The zero-order valence-corrected chi connectivity index (χ0v) is 11.7. The number of benzene rings is 2. The van der Waals surface area contributed by atoms with Gasteiger partial charge in [-0.1, -0.05) is 54.1 Å². The molecule has 100 valence electrons. The number of carbonyl (C=O) groups excluding carboxylic acids is 1. The second-order valence-electron chi connectivity index (χ2n) is 5.45. The summed E-state index contributed by atoms with van der Waals surface area (Å²) in [6.45, 7) is 2.10. The fourth-order valence-electron chi connectivity index (χ4n) is 2.75. The van der Waals surface area contributed by atoms with E-state index in [0.717, 1.165) is 24.0 Å². The van der Waals surface area contributed by atoms with E-state index in [1.807, 2.05) is 36.4 Å². The summed E-state index contributed by atoms with van der Waals surface area (Å²) in [5.41, 5.74) is 5.93. The molecule has 0 fully saturated rings. The molecule has 0 atom stereocenters. The van der Waals surface area contributed by atoms with Crippen LogP contribution < -0.4 is 0 Å². The van der Waals surface area contributed by atoms with Crippen LogP contribution in [0.3, 0.4) is 0 Å². The van der Waals surface area contributed by atoms with Gasteiger partial charge in [0.25, 0.3) is 0 Å². The molecule has 0 bridgehead atoms. The lowest BCUT2D eigenvalue weighted by Gasteiger charge is -2.06. The van der Waals surface area contributed by atoms with E-state index in [1.165, 1.54) is 16.7 Å². The van der Waals surface area contributed by atoms with Gasteiger partial charge in [-0.2, -0.15) is 0 Å². The highest BCUT2D eigenvalue weighted by Crippen LogP contribution is 2.24. The third-order valence-electron chi connectivity index (χ3n) is 3.86. The minimum Gasteiger partial charge on any atom is -0.295 e. The van der Waals surface area contributed by atoms with Crippen LogP contribution in [0.5, 0.6) is 0 Å². The predicted molar refractivity (Wildman–Crippen MR) is 82.6 cm³/mol. The number of aryl methyl sites for hydroxylation is 2. The van der Waals surface area contributed by atoms with Gasteiger partial charge < -0.3 is 0 Å². The molecule has 2 aromatic carbocycles. The lowest BCUT2D eigenvalue weighted by Crippen LogP contribution is -2.02. The molecule has 0 N–H and O–H groups in total. The molecular formula is C19H18O. The van der Waals surface area contributed by atoms with Crippen molar-refractivity contribution in [1.82, 2.24) is 0 Å². The van der Waals surface area contributed by atoms with Crippen LogP contribution in [0.4, 0.5) is 0 Å². The van der Waals surface area contributed by atoms with Crippen molar-refractivity contribution in [2.24, 2.45) is 0 Å². The van der Waals surface area contributed by atoms with Crippen molar-refractivity contribution in [2.75, 3.05) is 0 Å². The van der Waals surface area contributed by atoms with Gasteiger partial charge in [0.2, 0.25) is 0 Å². The Balaban J connectivity index is 1.98. The van der Waals surface area contributed by atoms with Crippen LogP contribution in [0.25, 0.3) is 6.08 Å². The molecular weight excluding hydrogens is 244 g/mol. The molecule has 0 radical (unpaired) electrons. The Hall–Kier alpha value is -2.15. The van der Waals surface area contributed by atoms with Gasteiger partial charge in [-0.25, -0.2) is 0 Å². The molecule has 0 heterocycles. The lowest BCUT2D eigenvalue weighted by molar-refractivity contribution is -0.115. The maximum Gasteiger partial charge on any atom is 0.159 e. The highest BCUT2D eigenvalue weighted by molar-refractivity contribution is 6.00. The first-order chi connectivity index (χ1) is 9.72. The first kappa shape index (κ1) is 12.9. The van der Waals surface area contributed by atoms with E-state index in [0.29, 0.717) is 6.42 Å². The fourth-order valence-corrected chi connectivity index (χ4v) is 2.75. The van der Waals surface area contributed by atoms with E-state index in [4.69, 9.17) is 0 Å². The van der Waals surface area contributed by atoms with Gasteiger partial charge in [-0.15, -0.1) is 0 Å². The number of hydrogen-bond donors (Lipinski definition) is 0. The summed E-state index contributed by atoms with van der Waals surface area (Å²) in [6.07, 6.45) is 4.28. The molecule has 1 aliphatic rings. The number of Topliss-reactive ketones (excluding diaryl/α,β-unsaturated/α-hetero) is 1. The van der Waals surface area contributed by atoms with Gasteiger partial charge >= 0.3 is 0 Å². The van der Waals surface area contributed by atoms with Crippen LogP contribution in [-0.2, 0) is 17.6 Å². The summed E-state index contributed by atoms with van der Waals surface area (Å²) in [7, 11) is 0. The maximum atomic E-state index is 12.3. The summed E-state index contributed by atoms with van der Waals surface area (Å²) in [5.74, 6) is 0.280. The van der Waals surface area contributed by atoms with Gasteiger partial charge in [0.1, 0.15) is 0 Å². The Bertz CT molecular complexity index is 665. The van der Waals surface area contributed by atoms with Crippen LogP contribution in [0.2, 0.25) is 0 Å². The third kappa shape index (κ3) is 2.72. The quantitative estimate of drug-likeness (QED) is 0.557. The van der Waals surface area contributed by atoms with E-state index in [-0.39, 0.29) is 5.78 Å². The molecule has 0 unspecified atom stereocenters. The van der Waals surface area contributed by atoms with E-state index in [1.54, 1.807) is 0 Å². The van der Waals surface area contributed by atoms with E-state index in [9.17, 15) is 4.79 Å². The zero-order chi connectivity index (χ0) is 13.9. The average molecular weight is 262 g/mol. The zero-order valence-electron chi connectivity index (χ0n) is 11.7. The molecule has 1 heteroatoms. The monoisotopic (exact) mass is 262 g/mol. The fraction of sp³-hybridized carbons (Fsp3) is 0.211. The van der Waals surface area contributed by atoms with Crippen LogP contribution in [0.1, 0.15) is 28.7 Å². The van der Waals surface area contributed by atoms with Gasteiger partial charge in [0.15, 0.2) is 5.78 Å². The Morgan fingerprint density at radius 3 is 2.55 bits per heavy atom. The van der Waals surface area contributed by atoms with Crippen molar-refractivity contribution in [3.05, 3.63) is 76.4 Å². The van der Waals surface area contributed by atoms with Crippen molar-refractivity contribution in [1.29, 1.82) is 0 Å². The molecule has 0 amide bonds. The number of hydrogen-bond acceptors (Lipinski definition) is 1. The van der Waals surface area contributed by atoms with E-state index in [2.05, 4.69) is 25.1 Å². The number of ketones is 1. The van der Waals surface area contributed by atoms with E-state index < -0.39 is 0 Å².